The van der Waals surface area contributed by atoms with Crippen LogP contribution in [0.4, 0.5) is 9.59 Å². The Morgan fingerprint density at radius 2 is 2.05 bits per heavy atom. The maximum absolute atomic E-state index is 11.8. The normalized spacial score (nSPS) is 24.1. The van der Waals surface area contributed by atoms with Crippen LogP contribution in [0.2, 0.25) is 0 Å². The van der Waals surface area contributed by atoms with E-state index in [1.165, 1.54) is 4.90 Å². The lowest BCUT2D eigenvalue weighted by molar-refractivity contribution is 0.0485. The molecule has 1 fully saturated rings. The molecule has 1 heterocycles. The summed E-state index contributed by atoms with van der Waals surface area (Å²) in [5.74, 6) is 0. The summed E-state index contributed by atoms with van der Waals surface area (Å²) in [4.78, 5) is 24.6. The fourth-order valence-electron chi connectivity index (χ4n) is 2.43. The second-order valence-corrected chi connectivity index (χ2v) is 6.48. The molecule has 0 aromatic heterocycles. The Morgan fingerprint density at radius 3 is 2.55 bits per heavy atom. The van der Waals surface area contributed by atoms with Crippen LogP contribution in [0.5, 0.6) is 0 Å². The Balaban J connectivity index is 1.98. The predicted octanol–water partition coefficient (Wildman–Crippen LogP) is 2.35. The van der Waals surface area contributed by atoms with Crippen molar-refractivity contribution in [1.29, 1.82) is 0 Å². The van der Waals surface area contributed by atoms with Crippen LogP contribution < -0.4 is 5.32 Å². The molecule has 2 amide bonds. The highest BCUT2D eigenvalue weighted by atomic mass is 16.6. The standard InChI is InChI=1S/C14H22N2O4/c1-13(2,3)20-11(17)15-10-5-4-6-14(7-8-14)16(9-10)12(18)19/h4,6,10H,5,7-9H2,1-3H3,(H,15,17)(H,18,19). The number of ether oxygens (including phenoxy) is 1. The minimum atomic E-state index is -0.940. The molecule has 2 aliphatic rings. The van der Waals surface area contributed by atoms with Crippen molar-refractivity contribution >= 4 is 12.2 Å². The third kappa shape index (κ3) is 3.43. The molecular weight excluding hydrogens is 260 g/mol. The molecule has 2 N–H and O–H groups in total. The first kappa shape index (κ1) is 14.7. The minimum Gasteiger partial charge on any atom is -0.465 e. The molecule has 0 saturated heterocycles. The first-order chi connectivity index (χ1) is 9.22. The number of hydrogen-bond donors (Lipinski definition) is 2. The highest BCUT2D eigenvalue weighted by molar-refractivity contribution is 5.70. The maximum atomic E-state index is 11.8. The van der Waals surface area contributed by atoms with Gasteiger partial charge in [-0.2, -0.15) is 0 Å². The first-order valence-corrected chi connectivity index (χ1v) is 6.90. The van der Waals surface area contributed by atoms with E-state index in [1.54, 1.807) is 20.8 Å². The molecule has 1 unspecified atom stereocenters. The van der Waals surface area contributed by atoms with Gasteiger partial charge in [-0.05, 0) is 40.0 Å². The summed E-state index contributed by atoms with van der Waals surface area (Å²) in [5, 5.41) is 12.1. The van der Waals surface area contributed by atoms with E-state index in [2.05, 4.69) is 5.32 Å². The molecule has 6 nitrogen and oxygen atoms in total. The summed E-state index contributed by atoms with van der Waals surface area (Å²) in [6, 6.07) is -0.253. The molecule has 1 atom stereocenters. The molecule has 6 heteroatoms. The molecule has 20 heavy (non-hydrogen) atoms. The van der Waals surface area contributed by atoms with Gasteiger partial charge in [0.1, 0.15) is 5.60 Å². The molecule has 1 spiro atoms. The summed E-state index contributed by atoms with van der Waals surface area (Å²) < 4.78 is 5.20. The Hall–Kier alpha value is -1.72. The zero-order valence-corrected chi connectivity index (χ0v) is 12.2. The van der Waals surface area contributed by atoms with Crippen LogP contribution in [0, 0.1) is 0 Å². The predicted molar refractivity (Wildman–Crippen MR) is 73.6 cm³/mol. The first-order valence-electron chi connectivity index (χ1n) is 6.90. The lowest BCUT2D eigenvalue weighted by Crippen LogP contribution is -2.49. The van der Waals surface area contributed by atoms with Gasteiger partial charge < -0.3 is 15.2 Å². The van der Waals surface area contributed by atoms with Crippen LogP contribution in [0.25, 0.3) is 0 Å². The lowest BCUT2D eigenvalue weighted by Gasteiger charge is -2.29. The molecule has 1 aliphatic carbocycles. The van der Waals surface area contributed by atoms with Gasteiger partial charge in [0.15, 0.2) is 0 Å². The highest BCUT2D eigenvalue weighted by Crippen LogP contribution is 2.44. The zero-order valence-electron chi connectivity index (χ0n) is 12.2. The van der Waals surface area contributed by atoms with Crippen molar-refractivity contribution in [2.75, 3.05) is 6.54 Å². The lowest BCUT2D eigenvalue weighted by atomic mass is 10.2. The minimum absolute atomic E-state index is 0.253. The van der Waals surface area contributed by atoms with Crippen LogP contribution in [-0.4, -0.2) is 45.9 Å². The second-order valence-electron chi connectivity index (χ2n) is 6.48. The fourth-order valence-corrected chi connectivity index (χ4v) is 2.43. The average molecular weight is 282 g/mol. The molecule has 0 bridgehead atoms. The molecule has 112 valence electrons. The van der Waals surface area contributed by atoms with Gasteiger partial charge in [-0.15, -0.1) is 0 Å². The number of carbonyl (C=O) groups excluding carboxylic acids is 1. The van der Waals surface area contributed by atoms with Crippen molar-refractivity contribution < 1.29 is 19.4 Å². The number of alkyl carbamates (subject to hydrolysis) is 1. The highest BCUT2D eigenvalue weighted by Gasteiger charge is 2.49. The smallest absolute Gasteiger partial charge is 0.408 e. The molecule has 0 radical (unpaired) electrons. The van der Waals surface area contributed by atoms with Gasteiger partial charge >= 0.3 is 12.2 Å². The largest absolute Gasteiger partial charge is 0.465 e. The SMILES string of the molecule is CC(C)(C)OC(=O)NC1CC=CC2(CC2)N(C(=O)O)C1. The Morgan fingerprint density at radius 1 is 1.40 bits per heavy atom. The molecule has 1 saturated carbocycles. The van der Waals surface area contributed by atoms with Gasteiger partial charge in [-0.3, -0.25) is 4.90 Å². The number of carbonyl (C=O) groups is 2. The quantitative estimate of drug-likeness (QED) is 0.724. The number of amides is 2. The Bertz CT molecular complexity index is 435. The monoisotopic (exact) mass is 282 g/mol. The van der Waals surface area contributed by atoms with E-state index in [4.69, 9.17) is 4.74 Å². The van der Waals surface area contributed by atoms with E-state index in [-0.39, 0.29) is 11.6 Å². The maximum Gasteiger partial charge on any atom is 0.408 e. The summed E-state index contributed by atoms with van der Waals surface area (Å²) in [7, 11) is 0. The van der Waals surface area contributed by atoms with Crippen LogP contribution >= 0.6 is 0 Å². The summed E-state index contributed by atoms with van der Waals surface area (Å²) in [5.41, 5.74) is -0.898. The molecule has 0 aromatic carbocycles. The van der Waals surface area contributed by atoms with Gasteiger partial charge in [0, 0.05) is 6.54 Å². The van der Waals surface area contributed by atoms with Crippen LogP contribution in [0.15, 0.2) is 12.2 Å². The second kappa shape index (κ2) is 5.00. The van der Waals surface area contributed by atoms with Crippen molar-refractivity contribution in [3.05, 3.63) is 12.2 Å². The van der Waals surface area contributed by atoms with Gasteiger partial charge in [0.2, 0.25) is 0 Å². The van der Waals surface area contributed by atoms with E-state index in [1.807, 2.05) is 12.2 Å². The third-order valence-corrected chi connectivity index (χ3v) is 3.50. The molecule has 1 aliphatic heterocycles. The third-order valence-electron chi connectivity index (χ3n) is 3.50. The summed E-state index contributed by atoms with van der Waals surface area (Å²) in [6.07, 6.45) is 4.79. The van der Waals surface area contributed by atoms with Crippen molar-refractivity contribution in [1.82, 2.24) is 10.2 Å². The molecule has 2 rings (SSSR count). The van der Waals surface area contributed by atoms with E-state index in [0.717, 1.165) is 12.8 Å². The number of hydrogen-bond acceptors (Lipinski definition) is 3. The average Bonchev–Trinajstić information content (AvgIpc) is 3.04. The molecular formula is C14H22N2O4. The summed E-state index contributed by atoms with van der Waals surface area (Å²) >= 11 is 0. The van der Waals surface area contributed by atoms with E-state index < -0.39 is 17.8 Å². The number of carboxylic acid groups (broad SMARTS) is 1. The van der Waals surface area contributed by atoms with Gasteiger partial charge in [-0.25, -0.2) is 9.59 Å². The van der Waals surface area contributed by atoms with E-state index in [9.17, 15) is 14.7 Å². The van der Waals surface area contributed by atoms with Crippen LogP contribution in [0.3, 0.4) is 0 Å². The van der Waals surface area contributed by atoms with Crippen molar-refractivity contribution in [2.45, 2.75) is 57.2 Å². The van der Waals surface area contributed by atoms with Crippen molar-refractivity contribution in [3.8, 4) is 0 Å². The topological polar surface area (TPSA) is 78.9 Å². The Labute approximate surface area is 118 Å². The van der Waals surface area contributed by atoms with Crippen molar-refractivity contribution in [2.24, 2.45) is 0 Å². The zero-order chi connectivity index (χ0) is 15.0. The Kier molecular flexibility index (Phi) is 3.67. The summed E-state index contributed by atoms with van der Waals surface area (Å²) in [6.45, 7) is 5.68. The van der Waals surface area contributed by atoms with Gasteiger partial charge in [-0.1, -0.05) is 12.2 Å². The number of rotatable bonds is 1. The van der Waals surface area contributed by atoms with Gasteiger partial charge in [0.05, 0.1) is 11.6 Å². The fraction of sp³-hybridized carbons (Fsp3) is 0.714. The van der Waals surface area contributed by atoms with Crippen molar-refractivity contribution in [3.63, 3.8) is 0 Å². The van der Waals surface area contributed by atoms with E-state index >= 15 is 0 Å². The number of nitrogens with one attached hydrogen (secondary N) is 1. The van der Waals surface area contributed by atoms with Crippen LogP contribution in [0.1, 0.15) is 40.0 Å². The number of nitrogens with zero attached hydrogens (tertiary/aromatic N) is 1. The van der Waals surface area contributed by atoms with Crippen LogP contribution in [-0.2, 0) is 4.74 Å². The van der Waals surface area contributed by atoms with Gasteiger partial charge in [0.25, 0.3) is 0 Å². The molecule has 0 aromatic rings. The van der Waals surface area contributed by atoms with E-state index in [0.29, 0.717) is 13.0 Å².